The van der Waals surface area contributed by atoms with E-state index in [-0.39, 0.29) is 24.5 Å². The number of amides is 1. The van der Waals surface area contributed by atoms with Crippen LogP contribution in [-0.2, 0) is 16.6 Å². The Kier molecular flexibility index (Phi) is 5.63. The molecule has 1 rings (SSSR count). The molecule has 0 saturated carbocycles. The molecule has 1 heterocycles. The van der Waals surface area contributed by atoms with Crippen molar-refractivity contribution in [2.75, 3.05) is 20.2 Å². The van der Waals surface area contributed by atoms with Gasteiger partial charge in [0, 0.05) is 20.6 Å². The number of hydrogen-bond acceptors (Lipinski definition) is 5. The molecule has 21 heavy (non-hydrogen) atoms. The topological polar surface area (TPSA) is 81.5 Å². The zero-order chi connectivity index (χ0) is 16.2. The molecule has 0 radical (unpaired) electrons. The maximum atomic E-state index is 12.4. The van der Waals surface area contributed by atoms with Gasteiger partial charge in [-0.05, 0) is 26.3 Å². The van der Waals surface area contributed by atoms with Crippen molar-refractivity contribution in [1.82, 2.24) is 14.7 Å². The average molecular weight is 295 g/mol. The van der Waals surface area contributed by atoms with Crippen LogP contribution in [0.5, 0.6) is 0 Å². The summed E-state index contributed by atoms with van der Waals surface area (Å²) in [5, 5.41) is 4.03. The minimum atomic E-state index is -0.439. The zero-order valence-electron chi connectivity index (χ0n) is 13.1. The minimum Gasteiger partial charge on any atom is -0.466 e. The minimum absolute atomic E-state index is 0.0939. The normalized spacial score (nSPS) is 10.3. The molecule has 0 atom stereocenters. The van der Waals surface area contributed by atoms with Crippen LogP contribution >= 0.6 is 0 Å². The van der Waals surface area contributed by atoms with Gasteiger partial charge in [0.15, 0.2) is 0 Å². The van der Waals surface area contributed by atoms with Crippen LogP contribution in [0.4, 0.5) is 0 Å². The molecule has 0 aliphatic rings. The summed E-state index contributed by atoms with van der Waals surface area (Å²) in [6.45, 7) is 5.65. The van der Waals surface area contributed by atoms with Crippen LogP contribution < -0.4 is 5.56 Å². The first-order valence-electron chi connectivity index (χ1n) is 6.75. The molecule has 1 amide bonds. The van der Waals surface area contributed by atoms with E-state index < -0.39 is 11.5 Å². The first-order chi connectivity index (χ1) is 9.79. The number of aromatic nitrogens is 2. The quantitative estimate of drug-likeness (QED) is 0.735. The summed E-state index contributed by atoms with van der Waals surface area (Å²) < 4.78 is 5.96. The van der Waals surface area contributed by atoms with Gasteiger partial charge in [-0.2, -0.15) is 5.10 Å². The van der Waals surface area contributed by atoms with Gasteiger partial charge >= 0.3 is 5.97 Å². The van der Waals surface area contributed by atoms with E-state index in [0.717, 1.165) is 4.68 Å². The summed E-state index contributed by atoms with van der Waals surface area (Å²) in [5.74, 6) is -0.782. The van der Waals surface area contributed by atoms with Gasteiger partial charge in [0.2, 0.25) is 0 Å². The molecule has 0 spiro atoms. The van der Waals surface area contributed by atoms with Crippen molar-refractivity contribution in [2.45, 2.75) is 27.2 Å². The van der Waals surface area contributed by atoms with E-state index in [1.54, 1.807) is 27.8 Å². The van der Waals surface area contributed by atoms with E-state index in [0.29, 0.717) is 17.9 Å². The van der Waals surface area contributed by atoms with E-state index in [4.69, 9.17) is 4.74 Å². The third-order valence-corrected chi connectivity index (χ3v) is 3.24. The highest BCUT2D eigenvalue weighted by Gasteiger charge is 2.21. The molecule has 0 bridgehead atoms. The molecule has 7 nitrogen and oxygen atoms in total. The van der Waals surface area contributed by atoms with Gasteiger partial charge in [-0.15, -0.1) is 0 Å². The molecule has 1 aromatic rings. The van der Waals surface area contributed by atoms with Gasteiger partial charge in [-0.1, -0.05) is 0 Å². The molecule has 116 valence electrons. The van der Waals surface area contributed by atoms with Gasteiger partial charge in [-0.3, -0.25) is 14.4 Å². The summed E-state index contributed by atoms with van der Waals surface area (Å²) >= 11 is 0. The second-order valence-electron chi connectivity index (χ2n) is 4.80. The fraction of sp³-hybridized carbons (Fsp3) is 0.571. The predicted molar refractivity (Wildman–Crippen MR) is 77.2 cm³/mol. The van der Waals surface area contributed by atoms with Crippen molar-refractivity contribution in [3.05, 3.63) is 27.2 Å². The van der Waals surface area contributed by atoms with Gasteiger partial charge in [0.25, 0.3) is 11.5 Å². The van der Waals surface area contributed by atoms with E-state index in [9.17, 15) is 14.4 Å². The lowest BCUT2D eigenvalue weighted by atomic mass is 10.1. The highest BCUT2D eigenvalue weighted by atomic mass is 16.5. The Hall–Kier alpha value is -2.18. The molecule has 0 aliphatic carbocycles. The lowest BCUT2D eigenvalue weighted by molar-refractivity contribution is -0.143. The molecule has 0 N–H and O–H groups in total. The van der Waals surface area contributed by atoms with Crippen LogP contribution in [0.25, 0.3) is 0 Å². The lowest BCUT2D eigenvalue weighted by Gasteiger charge is -2.18. The number of esters is 1. The number of hydrogen-bond donors (Lipinski definition) is 0. The average Bonchev–Trinajstić information content (AvgIpc) is 2.43. The third kappa shape index (κ3) is 3.90. The van der Waals surface area contributed by atoms with Crippen molar-refractivity contribution in [2.24, 2.45) is 7.05 Å². The molecule has 0 fully saturated rings. The molecule has 7 heteroatoms. The predicted octanol–water partition coefficient (Wildman–Crippen LogP) is 0.422. The standard InChI is InChI=1S/C14H21N3O4/c1-6-21-11(18)7-8-16(4)13(19)12-9(2)10(3)15-17(5)14(12)20/h6-8H2,1-5H3. The van der Waals surface area contributed by atoms with Crippen molar-refractivity contribution in [3.63, 3.8) is 0 Å². The molecule has 0 saturated heterocycles. The van der Waals surface area contributed by atoms with E-state index in [2.05, 4.69) is 5.10 Å². The second-order valence-corrected chi connectivity index (χ2v) is 4.80. The van der Waals surface area contributed by atoms with E-state index in [1.807, 2.05) is 0 Å². The summed E-state index contributed by atoms with van der Waals surface area (Å²) in [5.41, 5.74) is 0.841. The highest BCUT2D eigenvalue weighted by molar-refractivity contribution is 5.95. The van der Waals surface area contributed by atoms with E-state index in [1.165, 1.54) is 11.9 Å². The van der Waals surface area contributed by atoms with Gasteiger partial charge in [-0.25, -0.2) is 4.68 Å². The van der Waals surface area contributed by atoms with Gasteiger partial charge in [0.05, 0.1) is 18.7 Å². The van der Waals surface area contributed by atoms with Crippen LogP contribution in [0.3, 0.4) is 0 Å². The smallest absolute Gasteiger partial charge is 0.307 e. The summed E-state index contributed by atoms with van der Waals surface area (Å²) in [6.07, 6.45) is 0.0967. The fourth-order valence-electron chi connectivity index (χ4n) is 1.88. The Morgan fingerprint density at radius 1 is 1.33 bits per heavy atom. The molecule has 0 aromatic carbocycles. The second kappa shape index (κ2) is 7.01. The van der Waals surface area contributed by atoms with Crippen LogP contribution in [0.1, 0.15) is 35.0 Å². The number of carbonyl (C=O) groups excluding carboxylic acids is 2. The SMILES string of the molecule is CCOC(=O)CCN(C)C(=O)c1c(C)c(C)nn(C)c1=O. The highest BCUT2D eigenvalue weighted by Crippen LogP contribution is 2.08. The maximum absolute atomic E-state index is 12.4. The molecule has 1 aromatic heterocycles. The van der Waals surface area contributed by atoms with E-state index >= 15 is 0 Å². The Morgan fingerprint density at radius 2 is 1.95 bits per heavy atom. The van der Waals surface area contributed by atoms with Crippen molar-refractivity contribution in [3.8, 4) is 0 Å². The van der Waals surface area contributed by atoms with Crippen LogP contribution in [0.2, 0.25) is 0 Å². The summed E-state index contributed by atoms with van der Waals surface area (Å²) in [7, 11) is 3.06. The van der Waals surface area contributed by atoms with Gasteiger partial charge < -0.3 is 9.64 Å². The monoisotopic (exact) mass is 295 g/mol. The Morgan fingerprint density at radius 3 is 2.52 bits per heavy atom. The van der Waals surface area contributed by atoms with Crippen molar-refractivity contribution < 1.29 is 14.3 Å². The Bertz CT molecular complexity index is 607. The maximum Gasteiger partial charge on any atom is 0.307 e. The number of carbonyl (C=O) groups is 2. The van der Waals surface area contributed by atoms with Crippen LogP contribution in [0, 0.1) is 13.8 Å². The number of ether oxygens (including phenoxy) is 1. The third-order valence-electron chi connectivity index (χ3n) is 3.24. The Labute approximate surface area is 123 Å². The largest absolute Gasteiger partial charge is 0.466 e. The molecular formula is C14H21N3O4. The van der Waals surface area contributed by atoms with Crippen LogP contribution in [0.15, 0.2) is 4.79 Å². The van der Waals surface area contributed by atoms with Crippen LogP contribution in [-0.4, -0.2) is 46.8 Å². The molecule has 0 unspecified atom stereocenters. The number of rotatable bonds is 5. The fourth-order valence-corrected chi connectivity index (χ4v) is 1.88. The Balaban J connectivity index is 2.94. The number of aryl methyl sites for hydroxylation is 2. The number of nitrogens with zero attached hydrogens (tertiary/aromatic N) is 3. The van der Waals surface area contributed by atoms with Crippen molar-refractivity contribution >= 4 is 11.9 Å². The lowest BCUT2D eigenvalue weighted by Crippen LogP contribution is -2.37. The summed E-state index contributed by atoms with van der Waals surface area (Å²) in [4.78, 5) is 37.1. The zero-order valence-corrected chi connectivity index (χ0v) is 13.1. The van der Waals surface area contributed by atoms with Crippen molar-refractivity contribution in [1.29, 1.82) is 0 Å². The molecule has 0 aliphatic heterocycles. The first kappa shape index (κ1) is 16.9. The van der Waals surface area contributed by atoms with Gasteiger partial charge in [0.1, 0.15) is 5.56 Å². The summed E-state index contributed by atoms with van der Waals surface area (Å²) in [6, 6.07) is 0. The first-order valence-corrected chi connectivity index (χ1v) is 6.75. The molecular weight excluding hydrogens is 274 g/mol.